The van der Waals surface area contributed by atoms with Gasteiger partial charge in [0.2, 0.25) is 10.0 Å². The molecule has 0 amide bonds. The van der Waals surface area contributed by atoms with Crippen LogP contribution in [-0.4, -0.2) is 19.9 Å². The van der Waals surface area contributed by atoms with Crippen molar-refractivity contribution in [1.82, 2.24) is 9.71 Å². The van der Waals surface area contributed by atoms with Crippen LogP contribution in [0.25, 0.3) is 0 Å². The van der Waals surface area contributed by atoms with Crippen molar-refractivity contribution < 1.29 is 8.42 Å². The first-order valence-electron chi connectivity index (χ1n) is 5.95. The van der Waals surface area contributed by atoms with Gasteiger partial charge >= 0.3 is 0 Å². The zero-order valence-electron chi connectivity index (χ0n) is 10.8. The second kappa shape index (κ2) is 6.53. The molecule has 0 unspecified atom stereocenters. The Hall–Kier alpha value is -1.15. The molecule has 0 aliphatic heterocycles. The quantitative estimate of drug-likeness (QED) is 0.853. The average molecular weight is 332 g/mol. The van der Waals surface area contributed by atoms with Gasteiger partial charge in [-0.25, -0.2) is 18.1 Å². The van der Waals surface area contributed by atoms with Gasteiger partial charge in [-0.3, -0.25) is 0 Å². The van der Waals surface area contributed by atoms with Crippen LogP contribution in [0.1, 0.15) is 11.8 Å². The highest BCUT2D eigenvalue weighted by molar-refractivity contribution is 7.89. The molecular formula is C12H14ClN3O2S2. The maximum Gasteiger partial charge on any atom is 0.242 e. The minimum atomic E-state index is -3.56. The number of anilines is 1. The first-order chi connectivity index (χ1) is 9.51. The van der Waals surface area contributed by atoms with Gasteiger partial charge in [-0.1, -0.05) is 11.6 Å². The molecule has 0 fully saturated rings. The second-order valence-electron chi connectivity index (χ2n) is 3.94. The largest absolute Gasteiger partial charge is 0.370 e. The fraction of sp³-hybridized carbons (Fsp3) is 0.250. The molecule has 0 radical (unpaired) electrons. The summed E-state index contributed by atoms with van der Waals surface area (Å²) in [7, 11) is -3.56. The highest BCUT2D eigenvalue weighted by atomic mass is 35.5. The van der Waals surface area contributed by atoms with Gasteiger partial charge in [-0.2, -0.15) is 0 Å². The van der Waals surface area contributed by atoms with E-state index in [1.165, 1.54) is 23.6 Å². The standard InChI is InChI=1S/C12H14ClN3O2S2/c1-2-14-12-6-4-10(8-15-12)20(17,18)16-7-9-3-5-11(13)19-9/h3-6,8,16H,2,7H2,1H3,(H,14,15). The Morgan fingerprint density at radius 1 is 1.30 bits per heavy atom. The zero-order valence-corrected chi connectivity index (χ0v) is 13.1. The number of halogens is 1. The summed E-state index contributed by atoms with van der Waals surface area (Å²) in [5.41, 5.74) is 0. The summed E-state index contributed by atoms with van der Waals surface area (Å²) in [4.78, 5) is 5.04. The van der Waals surface area contributed by atoms with Crippen LogP contribution in [0, 0.1) is 0 Å². The van der Waals surface area contributed by atoms with E-state index < -0.39 is 10.0 Å². The van der Waals surface area contributed by atoms with Crippen molar-refractivity contribution in [2.45, 2.75) is 18.4 Å². The van der Waals surface area contributed by atoms with Crippen LogP contribution >= 0.6 is 22.9 Å². The van der Waals surface area contributed by atoms with Crippen LogP contribution in [0.5, 0.6) is 0 Å². The van der Waals surface area contributed by atoms with Crippen molar-refractivity contribution in [2.24, 2.45) is 0 Å². The van der Waals surface area contributed by atoms with Gasteiger partial charge in [0.1, 0.15) is 10.7 Å². The number of sulfonamides is 1. The molecule has 0 saturated heterocycles. The fourth-order valence-corrected chi connectivity index (χ4v) is 3.59. The molecule has 108 valence electrons. The first kappa shape index (κ1) is 15.2. The van der Waals surface area contributed by atoms with Gasteiger partial charge in [0, 0.05) is 24.2 Å². The average Bonchev–Trinajstić information content (AvgIpc) is 2.84. The lowest BCUT2D eigenvalue weighted by molar-refractivity contribution is 0.581. The summed E-state index contributed by atoms with van der Waals surface area (Å²) in [5, 5.41) is 3.01. The lowest BCUT2D eigenvalue weighted by Gasteiger charge is -2.06. The van der Waals surface area contributed by atoms with Crippen molar-refractivity contribution >= 4 is 38.8 Å². The molecule has 0 aliphatic carbocycles. The van der Waals surface area contributed by atoms with E-state index in [0.717, 1.165) is 11.4 Å². The molecule has 20 heavy (non-hydrogen) atoms. The molecule has 2 aromatic heterocycles. The van der Waals surface area contributed by atoms with Crippen molar-refractivity contribution in [1.29, 1.82) is 0 Å². The van der Waals surface area contributed by atoms with Crippen LogP contribution in [0.3, 0.4) is 0 Å². The Bertz CT molecular complexity index is 668. The number of hydrogen-bond acceptors (Lipinski definition) is 5. The highest BCUT2D eigenvalue weighted by Crippen LogP contribution is 2.21. The van der Waals surface area contributed by atoms with Crippen LogP contribution in [0.2, 0.25) is 4.34 Å². The molecule has 0 bridgehead atoms. The number of rotatable bonds is 6. The van der Waals surface area contributed by atoms with E-state index >= 15 is 0 Å². The first-order valence-corrected chi connectivity index (χ1v) is 8.63. The van der Waals surface area contributed by atoms with Crippen LogP contribution in [-0.2, 0) is 16.6 Å². The number of nitrogens with zero attached hydrogens (tertiary/aromatic N) is 1. The number of aromatic nitrogens is 1. The molecule has 0 spiro atoms. The monoisotopic (exact) mass is 331 g/mol. The van der Waals surface area contributed by atoms with Gasteiger partial charge in [0.25, 0.3) is 0 Å². The Morgan fingerprint density at radius 2 is 2.10 bits per heavy atom. The van der Waals surface area contributed by atoms with E-state index in [-0.39, 0.29) is 11.4 Å². The maximum atomic E-state index is 12.1. The van der Waals surface area contributed by atoms with Gasteiger partial charge in [-0.15, -0.1) is 11.3 Å². The Kier molecular flexibility index (Phi) is 4.98. The minimum absolute atomic E-state index is 0.141. The van der Waals surface area contributed by atoms with E-state index in [1.807, 2.05) is 6.92 Å². The van der Waals surface area contributed by atoms with Crippen LogP contribution in [0.4, 0.5) is 5.82 Å². The third-order valence-electron chi connectivity index (χ3n) is 2.47. The molecule has 2 aromatic rings. The summed E-state index contributed by atoms with van der Waals surface area (Å²) >= 11 is 7.14. The molecular weight excluding hydrogens is 318 g/mol. The van der Waals surface area contributed by atoms with Crippen molar-refractivity contribution in [2.75, 3.05) is 11.9 Å². The predicted octanol–water partition coefficient (Wildman–Crippen LogP) is 2.71. The van der Waals surface area contributed by atoms with E-state index in [9.17, 15) is 8.42 Å². The smallest absolute Gasteiger partial charge is 0.242 e. The summed E-state index contributed by atoms with van der Waals surface area (Å²) < 4.78 is 27.3. The molecule has 0 atom stereocenters. The Labute approximate surface area is 127 Å². The number of hydrogen-bond donors (Lipinski definition) is 2. The summed E-state index contributed by atoms with van der Waals surface area (Å²) in [6, 6.07) is 6.69. The Morgan fingerprint density at radius 3 is 2.65 bits per heavy atom. The number of pyridine rings is 1. The highest BCUT2D eigenvalue weighted by Gasteiger charge is 2.14. The molecule has 2 heterocycles. The minimum Gasteiger partial charge on any atom is -0.370 e. The molecule has 5 nitrogen and oxygen atoms in total. The SMILES string of the molecule is CCNc1ccc(S(=O)(=O)NCc2ccc(Cl)s2)cn1. The lowest BCUT2D eigenvalue weighted by atomic mass is 10.4. The second-order valence-corrected chi connectivity index (χ2v) is 7.51. The fourth-order valence-electron chi connectivity index (χ4n) is 1.52. The van der Waals surface area contributed by atoms with E-state index in [2.05, 4.69) is 15.0 Å². The molecule has 0 saturated carbocycles. The van der Waals surface area contributed by atoms with Crippen LogP contribution < -0.4 is 10.0 Å². The summed E-state index contributed by atoms with van der Waals surface area (Å²) in [5.74, 6) is 0.650. The number of thiophene rings is 1. The van der Waals surface area contributed by atoms with Crippen molar-refractivity contribution in [3.63, 3.8) is 0 Å². The molecule has 8 heteroatoms. The van der Waals surface area contributed by atoms with Crippen molar-refractivity contribution in [3.8, 4) is 0 Å². The predicted molar refractivity (Wildman–Crippen MR) is 81.8 cm³/mol. The topological polar surface area (TPSA) is 71.1 Å². The molecule has 0 aromatic carbocycles. The van der Waals surface area contributed by atoms with E-state index in [4.69, 9.17) is 11.6 Å². The van der Waals surface area contributed by atoms with E-state index in [0.29, 0.717) is 10.2 Å². The van der Waals surface area contributed by atoms with Gasteiger partial charge in [-0.05, 0) is 31.2 Å². The zero-order chi connectivity index (χ0) is 14.6. The molecule has 2 rings (SSSR count). The molecule has 0 aliphatic rings. The third-order valence-corrected chi connectivity index (χ3v) is 5.09. The van der Waals surface area contributed by atoms with Gasteiger partial charge in [0.05, 0.1) is 4.34 Å². The van der Waals surface area contributed by atoms with Crippen LogP contribution in [0.15, 0.2) is 35.4 Å². The third kappa shape index (κ3) is 3.92. The molecule has 2 N–H and O–H groups in total. The normalized spacial score (nSPS) is 11.5. The van der Waals surface area contributed by atoms with Crippen molar-refractivity contribution in [3.05, 3.63) is 39.7 Å². The summed E-state index contributed by atoms with van der Waals surface area (Å²) in [6.45, 7) is 2.89. The van der Waals surface area contributed by atoms with E-state index in [1.54, 1.807) is 18.2 Å². The van der Waals surface area contributed by atoms with Gasteiger partial charge in [0.15, 0.2) is 0 Å². The lowest BCUT2D eigenvalue weighted by Crippen LogP contribution is -2.23. The number of nitrogens with one attached hydrogen (secondary N) is 2. The summed E-state index contributed by atoms with van der Waals surface area (Å²) in [6.07, 6.45) is 1.34. The maximum absolute atomic E-state index is 12.1. The van der Waals surface area contributed by atoms with Gasteiger partial charge < -0.3 is 5.32 Å². The Balaban J connectivity index is 2.05.